The maximum Gasteiger partial charge on any atom is 0.164 e. The van der Waals surface area contributed by atoms with E-state index in [1.807, 2.05) is 48.7 Å². The SMILES string of the molecule is c1ccc(-c2nc(-c3ccc(-c4ccc5c6c(cccc46)-c4c-5c(-c5ccccc5)c5ccccc5c4-c4ccccc4)cc3)nc(-c3cccc(-c4cccnc4)c3)n2)cc1. The Morgan fingerprint density at radius 2 is 0.710 bits per heavy atom. The molecule has 2 aromatic heterocycles. The second-order valence-electron chi connectivity index (χ2n) is 15.7. The molecule has 0 fully saturated rings. The lowest BCUT2D eigenvalue weighted by Gasteiger charge is -2.20. The molecule has 0 unspecified atom stereocenters. The molecular formula is C58H36N4. The van der Waals surface area contributed by atoms with Crippen molar-refractivity contribution in [2.75, 3.05) is 0 Å². The molecule has 2 heterocycles. The minimum atomic E-state index is 0.619. The molecule has 0 spiro atoms. The molecular weight excluding hydrogens is 753 g/mol. The van der Waals surface area contributed by atoms with Gasteiger partial charge in [-0.15, -0.1) is 0 Å². The normalized spacial score (nSPS) is 11.5. The van der Waals surface area contributed by atoms with Gasteiger partial charge in [-0.05, 0) is 94.9 Å². The van der Waals surface area contributed by atoms with Crippen molar-refractivity contribution in [3.63, 3.8) is 0 Å². The fraction of sp³-hybridized carbons (Fsp3) is 0. The third kappa shape index (κ3) is 5.92. The lowest BCUT2D eigenvalue weighted by molar-refractivity contribution is 1.07. The fourth-order valence-corrected chi connectivity index (χ4v) is 9.38. The number of nitrogens with zero attached hydrogens (tertiary/aromatic N) is 4. The van der Waals surface area contributed by atoms with E-state index in [2.05, 4.69) is 169 Å². The molecule has 0 bridgehead atoms. The van der Waals surface area contributed by atoms with Crippen LogP contribution >= 0.6 is 0 Å². The number of rotatable bonds is 7. The summed E-state index contributed by atoms with van der Waals surface area (Å²) in [5.74, 6) is 1.87. The minimum absolute atomic E-state index is 0.619. The Balaban J connectivity index is 1.00. The van der Waals surface area contributed by atoms with Gasteiger partial charge >= 0.3 is 0 Å². The molecule has 62 heavy (non-hydrogen) atoms. The Kier molecular flexibility index (Phi) is 8.46. The summed E-state index contributed by atoms with van der Waals surface area (Å²) in [6, 6.07) is 73.3. The summed E-state index contributed by atoms with van der Waals surface area (Å²) in [5.41, 5.74) is 17.3. The van der Waals surface area contributed by atoms with Gasteiger partial charge in [0.1, 0.15) is 0 Å². The number of aromatic nitrogens is 4. The van der Waals surface area contributed by atoms with Crippen LogP contribution < -0.4 is 0 Å². The molecule has 1 aliphatic rings. The third-order valence-electron chi connectivity index (χ3n) is 12.2. The van der Waals surface area contributed by atoms with Crippen LogP contribution in [0.15, 0.2) is 219 Å². The van der Waals surface area contributed by atoms with Gasteiger partial charge < -0.3 is 0 Å². The number of fused-ring (bicyclic) bond motifs is 4. The first-order valence-electron chi connectivity index (χ1n) is 21.0. The molecule has 12 rings (SSSR count). The Labute approximate surface area is 359 Å². The summed E-state index contributed by atoms with van der Waals surface area (Å²) in [4.78, 5) is 19.5. The first kappa shape index (κ1) is 35.6. The van der Waals surface area contributed by atoms with E-state index in [1.165, 1.54) is 71.6 Å². The van der Waals surface area contributed by atoms with Crippen LogP contribution in [-0.2, 0) is 0 Å². The van der Waals surface area contributed by atoms with Gasteiger partial charge in [0.05, 0.1) is 0 Å². The summed E-state index contributed by atoms with van der Waals surface area (Å²) in [6.07, 6.45) is 3.67. The monoisotopic (exact) mass is 788 g/mol. The topological polar surface area (TPSA) is 51.6 Å². The van der Waals surface area contributed by atoms with Crippen molar-refractivity contribution in [2.45, 2.75) is 0 Å². The van der Waals surface area contributed by atoms with Crippen LogP contribution in [0.2, 0.25) is 0 Å². The average molecular weight is 789 g/mol. The van der Waals surface area contributed by atoms with Gasteiger partial charge in [-0.3, -0.25) is 4.98 Å². The molecule has 0 atom stereocenters. The van der Waals surface area contributed by atoms with E-state index >= 15 is 0 Å². The van der Waals surface area contributed by atoms with Crippen molar-refractivity contribution < 1.29 is 0 Å². The van der Waals surface area contributed by atoms with E-state index in [0.29, 0.717) is 17.5 Å². The van der Waals surface area contributed by atoms with Crippen LogP contribution in [-0.4, -0.2) is 19.9 Å². The summed E-state index contributed by atoms with van der Waals surface area (Å²) in [5, 5.41) is 5.04. The van der Waals surface area contributed by atoms with Crippen molar-refractivity contribution in [2.24, 2.45) is 0 Å². The van der Waals surface area contributed by atoms with Gasteiger partial charge in [0, 0.05) is 34.6 Å². The first-order valence-corrected chi connectivity index (χ1v) is 21.0. The maximum absolute atomic E-state index is 5.09. The van der Waals surface area contributed by atoms with Crippen molar-refractivity contribution in [1.82, 2.24) is 19.9 Å². The lowest BCUT2D eigenvalue weighted by atomic mass is 9.82. The molecule has 0 saturated heterocycles. The molecule has 0 saturated carbocycles. The Morgan fingerprint density at radius 3 is 1.32 bits per heavy atom. The smallest absolute Gasteiger partial charge is 0.164 e. The van der Waals surface area contributed by atoms with Gasteiger partial charge in [0.25, 0.3) is 0 Å². The zero-order valence-electron chi connectivity index (χ0n) is 33.6. The standard InChI is InChI=1S/C58H36N4/c1-4-15-38(16-5-1)51-47-24-10-11-25-48(47)52(39-17-6-2-7-18-39)55-50-33-32-45(46-26-13-27-49(53(46)50)54(51)55)37-28-30-41(31-29-37)57-60-56(40-19-8-3-9-20-40)61-58(62-57)43-22-12-21-42(35-43)44-23-14-34-59-36-44/h1-36H. The molecule has 11 aromatic rings. The highest BCUT2D eigenvalue weighted by atomic mass is 15.0. The maximum atomic E-state index is 5.09. The number of pyridine rings is 1. The van der Waals surface area contributed by atoms with Gasteiger partial charge in [-0.1, -0.05) is 194 Å². The van der Waals surface area contributed by atoms with E-state index < -0.39 is 0 Å². The Morgan fingerprint density at radius 1 is 0.258 bits per heavy atom. The molecule has 288 valence electrons. The van der Waals surface area contributed by atoms with E-state index in [0.717, 1.165) is 33.4 Å². The van der Waals surface area contributed by atoms with Crippen LogP contribution in [0.4, 0.5) is 0 Å². The van der Waals surface area contributed by atoms with Gasteiger partial charge in [-0.25, -0.2) is 15.0 Å². The quantitative estimate of drug-likeness (QED) is 0.161. The van der Waals surface area contributed by atoms with E-state index in [-0.39, 0.29) is 0 Å². The van der Waals surface area contributed by atoms with Gasteiger partial charge in [0.2, 0.25) is 0 Å². The molecule has 0 N–H and O–H groups in total. The first-order chi connectivity index (χ1) is 30.8. The lowest BCUT2D eigenvalue weighted by Crippen LogP contribution is -2.00. The zero-order chi connectivity index (χ0) is 41.0. The number of benzene rings is 9. The van der Waals surface area contributed by atoms with Crippen LogP contribution in [0.1, 0.15) is 0 Å². The molecule has 4 nitrogen and oxygen atoms in total. The predicted octanol–water partition coefficient (Wildman–Crippen LogP) is 14.9. The minimum Gasteiger partial charge on any atom is -0.264 e. The highest BCUT2D eigenvalue weighted by molar-refractivity contribution is 6.28. The average Bonchev–Trinajstić information content (AvgIpc) is 3.69. The molecule has 0 radical (unpaired) electrons. The number of hydrogen-bond donors (Lipinski definition) is 0. The third-order valence-corrected chi connectivity index (χ3v) is 12.2. The summed E-state index contributed by atoms with van der Waals surface area (Å²) in [6.45, 7) is 0. The molecule has 1 aliphatic carbocycles. The largest absolute Gasteiger partial charge is 0.264 e. The number of hydrogen-bond acceptors (Lipinski definition) is 4. The molecule has 0 amide bonds. The van der Waals surface area contributed by atoms with Crippen LogP contribution in [0.25, 0.3) is 122 Å². The van der Waals surface area contributed by atoms with Crippen LogP contribution in [0, 0.1) is 0 Å². The van der Waals surface area contributed by atoms with E-state index in [1.54, 1.807) is 6.20 Å². The highest BCUT2D eigenvalue weighted by Crippen LogP contribution is 2.58. The van der Waals surface area contributed by atoms with E-state index in [9.17, 15) is 0 Å². The summed E-state index contributed by atoms with van der Waals surface area (Å²) in [7, 11) is 0. The second-order valence-corrected chi connectivity index (χ2v) is 15.7. The molecule has 4 heteroatoms. The molecule has 0 aliphatic heterocycles. The Bertz CT molecular complexity index is 3380. The second kappa shape index (κ2) is 14.7. The fourth-order valence-electron chi connectivity index (χ4n) is 9.38. The predicted molar refractivity (Wildman–Crippen MR) is 255 cm³/mol. The van der Waals surface area contributed by atoms with Crippen LogP contribution in [0.5, 0.6) is 0 Å². The highest BCUT2D eigenvalue weighted by Gasteiger charge is 2.31. The van der Waals surface area contributed by atoms with Crippen molar-refractivity contribution >= 4 is 21.5 Å². The summed E-state index contributed by atoms with van der Waals surface area (Å²) < 4.78 is 0. The van der Waals surface area contributed by atoms with Crippen molar-refractivity contribution in [3.8, 4) is 101 Å². The van der Waals surface area contributed by atoms with Gasteiger partial charge in [-0.2, -0.15) is 0 Å². The van der Waals surface area contributed by atoms with Crippen molar-refractivity contribution in [3.05, 3.63) is 219 Å². The van der Waals surface area contributed by atoms with E-state index in [4.69, 9.17) is 15.0 Å². The van der Waals surface area contributed by atoms with Crippen molar-refractivity contribution in [1.29, 1.82) is 0 Å². The van der Waals surface area contributed by atoms with Gasteiger partial charge in [0.15, 0.2) is 17.5 Å². The summed E-state index contributed by atoms with van der Waals surface area (Å²) >= 11 is 0. The zero-order valence-corrected chi connectivity index (χ0v) is 33.6. The van der Waals surface area contributed by atoms with Crippen LogP contribution in [0.3, 0.4) is 0 Å². The Hall–Kier alpha value is -8.34. The molecule has 9 aromatic carbocycles.